The maximum Gasteiger partial charge on any atom is 0.225 e. The molecule has 0 aliphatic carbocycles. The zero-order chi connectivity index (χ0) is 14.4. The normalized spacial score (nSPS) is 21.9. The number of unbranched alkanes of at least 4 members (excludes halogenated alkanes) is 1. The van der Waals surface area contributed by atoms with E-state index in [0.717, 1.165) is 31.1 Å². The third-order valence-corrected chi connectivity index (χ3v) is 3.59. The average Bonchev–Trinajstić information content (AvgIpc) is 2.88. The summed E-state index contributed by atoms with van der Waals surface area (Å²) >= 11 is 0. The first-order valence-electron chi connectivity index (χ1n) is 7.18. The maximum absolute atomic E-state index is 12.3. The Bertz CT molecular complexity index is 446. The van der Waals surface area contributed by atoms with Crippen LogP contribution in [0.15, 0.2) is 30.3 Å². The minimum Gasteiger partial charge on any atom is -0.349 e. The Hall–Kier alpha value is -1.68. The molecule has 1 aromatic rings. The van der Waals surface area contributed by atoms with Crippen LogP contribution >= 0.6 is 0 Å². The van der Waals surface area contributed by atoms with Gasteiger partial charge in [0.15, 0.2) is 12.5 Å². The van der Waals surface area contributed by atoms with E-state index >= 15 is 0 Å². The lowest BCUT2D eigenvalue weighted by atomic mass is 10.1. The van der Waals surface area contributed by atoms with Gasteiger partial charge in [0.05, 0.1) is 12.6 Å². The number of hydrogen-bond donors (Lipinski definition) is 0. The van der Waals surface area contributed by atoms with E-state index in [4.69, 9.17) is 4.74 Å². The molecule has 1 aliphatic rings. The SMILES string of the molecule is CCCCC(=O)N1C(C=O)OC[C@@H]1Cc1ccccc1. The van der Waals surface area contributed by atoms with Gasteiger partial charge in [-0.15, -0.1) is 0 Å². The van der Waals surface area contributed by atoms with Crippen molar-refractivity contribution in [2.75, 3.05) is 6.61 Å². The fraction of sp³-hybridized carbons (Fsp3) is 0.500. The fourth-order valence-corrected chi connectivity index (χ4v) is 2.53. The van der Waals surface area contributed by atoms with E-state index in [1.807, 2.05) is 37.3 Å². The Morgan fingerprint density at radius 2 is 2.15 bits per heavy atom. The van der Waals surface area contributed by atoms with Crippen molar-refractivity contribution in [1.29, 1.82) is 0 Å². The lowest BCUT2D eigenvalue weighted by molar-refractivity contribution is -0.142. The molecule has 0 aromatic heterocycles. The summed E-state index contributed by atoms with van der Waals surface area (Å²) in [5.41, 5.74) is 1.15. The van der Waals surface area contributed by atoms with Crippen molar-refractivity contribution < 1.29 is 14.3 Å². The van der Waals surface area contributed by atoms with E-state index in [1.54, 1.807) is 4.90 Å². The van der Waals surface area contributed by atoms with Crippen LogP contribution in [0.25, 0.3) is 0 Å². The van der Waals surface area contributed by atoms with Gasteiger partial charge < -0.3 is 9.64 Å². The average molecular weight is 275 g/mol. The van der Waals surface area contributed by atoms with Gasteiger partial charge in [-0.05, 0) is 18.4 Å². The summed E-state index contributed by atoms with van der Waals surface area (Å²) in [6.45, 7) is 2.47. The van der Waals surface area contributed by atoms with Gasteiger partial charge in [0, 0.05) is 6.42 Å². The molecule has 20 heavy (non-hydrogen) atoms. The monoisotopic (exact) mass is 275 g/mol. The topological polar surface area (TPSA) is 46.6 Å². The first-order valence-corrected chi connectivity index (χ1v) is 7.18. The predicted octanol–water partition coefficient (Wildman–Crippen LogP) is 2.17. The van der Waals surface area contributed by atoms with Gasteiger partial charge >= 0.3 is 0 Å². The molecule has 4 heteroatoms. The fourth-order valence-electron chi connectivity index (χ4n) is 2.53. The van der Waals surface area contributed by atoms with Crippen molar-refractivity contribution in [1.82, 2.24) is 4.90 Å². The molecule has 1 aliphatic heterocycles. The highest BCUT2D eigenvalue weighted by Crippen LogP contribution is 2.21. The predicted molar refractivity (Wildman–Crippen MR) is 76.1 cm³/mol. The number of nitrogens with zero attached hydrogens (tertiary/aromatic N) is 1. The lowest BCUT2D eigenvalue weighted by Gasteiger charge is -2.25. The highest BCUT2D eigenvalue weighted by atomic mass is 16.5. The first kappa shape index (κ1) is 14.7. The minimum atomic E-state index is -0.715. The van der Waals surface area contributed by atoms with Gasteiger partial charge in [-0.3, -0.25) is 9.59 Å². The van der Waals surface area contributed by atoms with E-state index in [9.17, 15) is 9.59 Å². The maximum atomic E-state index is 12.3. The summed E-state index contributed by atoms with van der Waals surface area (Å²) < 4.78 is 5.44. The van der Waals surface area contributed by atoms with Gasteiger partial charge in [-0.1, -0.05) is 43.7 Å². The summed E-state index contributed by atoms with van der Waals surface area (Å²) in [6, 6.07) is 9.94. The van der Waals surface area contributed by atoms with Crippen molar-refractivity contribution in [3.05, 3.63) is 35.9 Å². The van der Waals surface area contributed by atoms with Crippen LogP contribution in [0.2, 0.25) is 0 Å². The molecule has 2 atom stereocenters. The van der Waals surface area contributed by atoms with Crippen LogP contribution in [-0.2, 0) is 20.7 Å². The van der Waals surface area contributed by atoms with Gasteiger partial charge in [0.2, 0.25) is 5.91 Å². The van der Waals surface area contributed by atoms with E-state index in [0.29, 0.717) is 13.0 Å². The van der Waals surface area contributed by atoms with Gasteiger partial charge in [-0.2, -0.15) is 0 Å². The van der Waals surface area contributed by atoms with Crippen LogP contribution in [-0.4, -0.2) is 36.0 Å². The highest BCUT2D eigenvalue weighted by molar-refractivity contribution is 5.80. The third-order valence-electron chi connectivity index (χ3n) is 3.59. The van der Waals surface area contributed by atoms with Crippen molar-refractivity contribution >= 4 is 12.2 Å². The van der Waals surface area contributed by atoms with Crippen LogP contribution in [0.5, 0.6) is 0 Å². The van der Waals surface area contributed by atoms with Gasteiger partial charge in [-0.25, -0.2) is 0 Å². The number of ether oxygens (including phenoxy) is 1. The summed E-state index contributed by atoms with van der Waals surface area (Å²) in [4.78, 5) is 25.0. The summed E-state index contributed by atoms with van der Waals surface area (Å²) in [7, 11) is 0. The van der Waals surface area contributed by atoms with E-state index < -0.39 is 6.23 Å². The molecular formula is C16H21NO3. The van der Waals surface area contributed by atoms with E-state index in [-0.39, 0.29) is 11.9 Å². The Kier molecular flexibility index (Phi) is 5.30. The Balaban J connectivity index is 2.06. The molecule has 1 fully saturated rings. The Labute approximate surface area is 119 Å². The van der Waals surface area contributed by atoms with Crippen LogP contribution in [0.1, 0.15) is 31.7 Å². The number of amides is 1. The molecule has 0 saturated carbocycles. The van der Waals surface area contributed by atoms with Gasteiger partial charge in [0.1, 0.15) is 0 Å². The van der Waals surface area contributed by atoms with Crippen LogP contribution in [0.3, 0.4) is 0 Å². The Morgan fingerprint density at radius 1 is 1.40 bits per heavy atom. The molecule has 0 bridgehead atoms. The second-order valence-electron chi connectivity index (χ2n) is 5.11. The number of benzene rings is 1. The first-order chi connectivity index (χ1) is 9.76. The molecule has 0 spiro atoms. The van der Waals surface area contributed by atoms with Gasteiger partial charge in [0.25, 0.3) is 0 Å². The zero-order valence-electron chi connectivity index (χ0n) is 11.8. The van der Waals surface area contributed by atoms with Crippen LogP contribution in [0.4, 0.5) is 0 Å². The molecule has 2 rings (SSSR count). The second kappa shape index (κ2) is 7.20. The quantitative estimate of drug-likeness (QED) is 0.748. The molecule has 1 saturated heterocycles. The van der Waals surface area contributed by atoms with E-state index in [2.05, 4.69) is 0 Å². The molecule has 0 radical (unpaired) electrons. The summed E-state index contributed by atoms with van der Waals surface area (Å²) in [5, 5.41) is 0. The highest BCUT2D eigenvalue weighted by Gasteiger charge is 2.37. The van der Waals surface area contributed by atoms with Crippen molar-refractivity contribution in [2.24, 2.45) is 0 Å². The van der Waals surface area contributed by atoms with Crippen molar-refractivity contribution in [3.63, 3.8) is 0 Å². The molecule has 1 aromatic carbocycles. The summed E-state index contributed by atoms with van der Waals surface area (Å²) in [6.07, 6.45) is 3.02. The number of carbonyl (C=O) groups excluding carboxylic acids is 2. The largest absolute Gasteiger partial charge is 0.349 e. The Morgan fingerprint density at radius 3 is 2.80 bits per heavy atom. The number of rotatable bonds is 6. The molecule has 1 heterocycles. The smallest absolute Gasteiger partial charge is 0.225 e. The second-order valence-corrected chi connectivity index (χ2v) is 5.11. The molecule has 0 N–H and O–H groups in total. The van der Waals surface area contributed by atoms with Crippen molar-refractivity contribution in [3.8, 4) is 0 Å². The number of hydrogen-bond acceptors (Lipinski definition) is 3. The molecule has 4 nitrogen and oxygen atoms in total. The lowest BCUT2D eigenvalue weighted by Crippen LogP contribution is -2.43. The van der Waals surface area contributed by atoms with E-state index in [1.165, 1.54) is 0 Å². The standard InChI is InChI=1S/C16H21NO3/c1-2-3-9-15(19)17-14(12-20-16(17)11-18)10-13-7-5-4-6-8-13/h4-8,11,14,16H,2-3,9-10,12H2,1H3/t14-,16?/m0/s1. The zero-order valence-corrected chi connectivity index (χ0v) is 11.8. The molecule has 1 amide bonds. The molecule has 1 unspecified atom stereocenters. The summed E-state index contributed by atoms with van der Waals surface area (Å²) in [5.74, 6) is 0.0161. The van der Waals surface area contributed by atoms with Crippen LogP contribution < -0.4 is 0 Å². The van der Waals surface area contributed by atoms with Crippen LogP contribution in [0, 0.1) is 0 Å². The minimum absolute atomic E-state index is 0.0161. The number of aldehydes is 1. The molecular weight excluding hydrogens is 254 g/mol. The third kappa shape index (κ3) is 3.45. The van der Waals surface area contributed by atoms with Crippen molar-refractivity contribution in [2.45, 2.75) is 44.9 Å². The number of carbonyl (C=O) groups is 2. The molecule has 108 valence electrons.